The normalized spacial score (nSPS) is 10.7. The number of nitrogens with one attached hydrogen (secondary N) is 1. The summed E-state index contributed by atoms with van der Waals surface area (Å²) in [5.74, 6) is -0.514. The average Bonchev–Trinajstić information content (AvgIpc) is 3.11. The SMILES string of the molecule is CCN(Cc1cccc(F)c1)C(=O)CSc1nnc(Nc2cccc(F)c2)s1. The van der Waals surface area contributed by atoms with Crippen LogP contribution in [0.4, 0.5) is 19.6 Å². The van der Waals surface area contributed by atoms with Crippen molar-refractivity contribution < 1.29 is 13.6 Å². The van der Waals surface area contributed by atoms with Crippen molar-refractivity contribution >= 4 is 39.8 Å². The van der Waals surface area contributed by atoms with Gasteiger partial charge in [0.15, 0.2) is 4.34 Å². The average molecular weight is 421 g/mol. The lowest BCUT2D eigenvalue weighted by molar-refractivity contribution is -0.128. The number of anilines is 2. The van der Waals surface area contributed by atoms with Gasteiger partial charge < -0.3 is 10.2 Å². The number of carbonyl (C=O) groups is 1. The summed E-state index contributed by atoms with van der Waals surface area (Å²) in [6, 6.07) is 12.3. The Balaban J connectivity index is 1.54. The lowest BCUT2D eigenvalue weighted by atomic mass is 10.2. The highest BCUT2D eigenvalue weighted by atomic mass is 32.2. The zero-order chi connectivity index (χ0) is 19.9. The molecule has 0 bridgehead atoms. The molecule has 0 saturated carbocycles. The first-order chi connectivity index (χ1) is 13.5. The van der Waals surface area contributed by atoms with Crippen molar-refractivity contribution in [3.8, 4) is 0 Å². The summed E-state index contributed by atoms with van der Waals surface area (Å²) >= 11 is 2.57. The number of benzene rings is 2. The number of carbonyl (C=O) groups excluding carboxylic acids is 1. The van der Waals surface area contributed by atoms with E-state index < -0.39 is 0 Å². The minimum atomic E-state index is -0.340. The van der Waals surface area contributed by atoms with Crippen molar-refractivity contribution in [1.29, 1.82) is 0 Å². The summed E-state index contributed by atoms with van der Waals surface area (Å²) in [5.41, 5.74) is 1.33. The van der Waals surface area contributed by atoms with Crippen LogP contribution in [-0.4, -0.2) is 33.3 Å². The predicted octanol–water partition coefficient (Wildman–Crippen LogP) is 4.70. The molecular weight excluding hydrogens is 402 g/mol. The Morgan fingerprint density at radius 3 is 2.61 bits per heavy atom. The molecule has 1 aromatic heterocycles. The van der Waals surface area contributed by atoms with Crippen LogP contribution in [0.3, 0.4) is 0 Å². The van der Waals surface area contributed by atoms with Crippen molar-refractivity contribution in [2.75, 3.05) is 17.6 Å². The standard InChI is InChI=1S/C19H18F2N4OS2/c1-2-25(11-13-5-3-6-14(20)9-13)17(26)12-27-19-24-23-18(28-19)22-16-8-4-7-15(21)10-16/h3-10H,2,11-12H2,1H3,(H,22,23). The fourth-order valence-electron chi connectivity index (χ4n) is 2.46. The highest BCUT2D eigenvalue weighted by Gasteiger charge is 2.15. The molecule has 0 radical (unpaired) electrons. The molecule has 3 aromatic rings. The fraction of sp³-hybridized carbons (Fsp3) is 0.211. The van der Waals surface area contributed by atoms with Crippen LogP contribution in [0.1, 0.15) is 12.5 Å². The van der Waals surface area contributed by atoms with Gasteiger partial charge in [0, 0.05) is 18.8 Å². The second kappa shape index (κ2) is 9.61. The number of aromatic nitrogens is 2. The van der Waals surface area contributed by atoms with Gasteiger partial charge in [-0.05, 0) is 42.8 Å². The van der Waals surface area contributed by atoms with Crippen LogP contribution in [0.25, 0.3) is 0 Å². The van der Waals surface area contributed by atoms with Gasteiger partial charge in [0.25, 0.3) is 0 Å². The molecule has 0 unspecified atom stereocenters. The number of hydrogen-bond donors (Lipinski definition) is 1. The van der Waals surface area contributed by atoms with E-state index in [9.17, 15) is 13.6 Å². The highest BCUT2D eigenvalue weighted by Crippen LogP contribution is 2.28. The monoisotopic (exact) mass is 420 g/mol. The third-order valence-corrected chi connectivity index (χ3v) is 5.76. The van der Waals surface area contributed by atoms with Gasteiger partial charge in [-0.25, -0.2) is 8.78 Å². The molecule has 0 atom stereocenters. The maximum atomic E-state index is 13.3. The highest BCUT2D eigenvalue weighted by molar-refractivity contribution is 8.01. The Bertz CT molecular complexity index is 951. The van der Waals surface area contributed by atoms with Crippen LogP contribution in [-0.2, 0) is 11.3 Å². The van der Waals surface area contributed by atoms with E-state index >= 15 is 0 Å². The molecule has 1 heterocycles. The first kappa shape index (κ1) is 20.2. The van der Waals surface area contributed by atoms with Crippen molar-refractivity contribution in [1.82, 2.24) is 15.1 Å². The minimum Gasteiger partial charge on any atom is -0.338 e. The summed E-state index contributed by atoms with van der Waals surface area (Å²) in [5, 5.41) is 11.6. The largest absolute Gasteiger partial charge is 0.338 e. The molecule has 0 aliphatic heterocycles. The third-order valence-electron chi connectivity index (χ3n) is 3.80. The van der Waals surface area contributed by atoms with E-state index in [2.05, 4.69) is 15.5 Å². The van der Waals surface area contributed by atoms with Crippen LogP contribution in [0.15, 0.2) is 52.9 Å². The zero-order valence-electron chi connectivity index (χ0n) is 15.1. The Morgan fingerprint density at radius 1 is 1.14 bits per heavy atom. The van der Waals surface area contributed by atoms with Crippen molar-refractivity contribution in [3.05, 3.63) is 65.7 Å². The molecule has 0 saturated heterocycles. The van der Waals surface area contributed by atoms with Crippen LogP contribution in [0, 0.1) is 11.6 Å². The molecule has 0 aliphatic carbocycles. The number of nitrogens with zero attached hydrogens (tertiary/aromatic N) is 3. The second-order valence-electron chi connectivity index (χ2n) is 5.83. The molecule has 0 fully saturated rings. The number of amides is 1. The lowest BCUT2D eigenvalue weighted by Crippen LogP contribution is -2.31. The molecule has 1 amide bonds. The van der Waals surface area contributed by atoms with Gasteiger partial charge in [-0.1, -0.05) is 41.3 Å². The van der Waals surface area contributed by atoms with Crippen molar-refractivity contribution in [3.63, 3.8) is 0 Å². The van der Waals surface area contributed by atoms with Gasteiger partial charge in [-0.3, -0.25) is 4.79 Å². The third kappa shape index (κ3) is 5.74. The summed E-state index contributed by atoms with van der Waals surface area (Å²) < 4.78 is 27.2. The van der Waals surface area contributed by atoms with Gasteiger partial charge in [-0.15, -0.1) is 10.2 Å². The summed E-state index contributed by atoms with van der Waals surface area (Å²) in [6.45, 7) is 2.77. The molecule has 0 spiro atoms. The van der Waals surface area contributed by atoms with E-state index in [-0.39, 0.29) is 23.3 Å². The zero-order valence-corrected chi connectivity index (χ0v) is 16.7. The maximum Gasteiger partial charge on any atom is 0.233 e. The van der Waals surface area contributed by atoms with E-state index in [0.717, 1.165) is 5.56 Å². The molecule has 2 aromatic carbocycles. The summed E-state index contributed by atoms with van der Waals surface area (Å²) in [7, 11) is 0. The minimum absolute atomic E-state index is 0.0633. The first-order valence-electron chi connectivity index (χ1n) is 8.54. The number of rotatable bonds is 8. The van der Waals surface area contributed by atoms with E-state index in [1.54, 1.807) is 29.2 Å². The van der Waals surface area contributed by atoms with Crippen molar-refractivity contribution in [2.24, 2.45) is 0 Å². The molecule has 5 nitrogen and oxygen atoms in total. The molecule has 3 rings (SSSR count). The topological polar surface area (TPSA) is 58.1 Å². The van der Waals surface area contributed by atoms with Crippen LogP contribution < -0.4 is 5.32 Å². The number of halogens is 2. The van der Waals surface area contributed by atoms with Gasteiger partial charge in [0.05, 0.1) is 5.75 Å². The lowest BCUT2D eigenvalue weighted by Gasteiger charge is -2.20. The molecule has 1 N–H and O–H groups in total. The summed E-state index contributed by atoms with van der Waals surface area (Å²) in [6.07, 6.45) is 0. The molecule has 0 aliphatic rings. The van der Waals surface area contributed by atoms with Crippen molar-refractivity contribution in [2.45, 2.75) is 17.8 Å². The van der Waals surface area contributed by atoms with Gasteiger partial charge in [-0.2, -0.15) is 0 Å². The smallest absolute Gasteiger partial charge is 0.233 e. The fourth-order valence-corrected chi connectivity index (χ4v) is 4.13. The van der Waals surface area contributed by atoms with E-state index in [1.165, 1.54) is 47.4 Å². The Hall–Kier alpha value is -2.52. The van der Waals surface area contributed by atoms with Crippen LogP contribution in [0.2, 0.25) is 0 Å². The number of thioether (sulfide) groups is 1. The molecular formula is C19H18F2N4OS2. The predicted molar refractivity (Wildman–Crippen MR) is 108 cm³/mol. The Labute approximate surface area is 169 Å². The van der Waals surface area contributed by atoms with Gasteiger partial charge >= 0.3 is 0 Å². The van der Waals surface area contributed by atoms with Gasteiger partial charge in [0.1, 0.15) is 11.6 Å². The Morgan fingerprint density at radius 2 is 1.89 bits per heavy atom. The Kier molecular flexibility index (Phi) is 6.94. The summed E-state index contributed by atoms with van der Waals surface area (Å²) in [4.78, 5) is 14.1. The van der Waals surface area contributed by atoms with E-state index in [0.29, 0.717) is 28.2 Å². The quantitative estimate of drug-likeness (QED) is 0.535. The molecule has 146 valence electrons. The van der Waals surface area contributed by atoms with Gasteiger partial charge in [0.2, 0.25) is 11.0 Å². The number of hydrogen-bond acceptors (Lipinski definition) is 6. The van der Waals surface area contributed by atoms with E-state index in [4.69, 9.17) is 0 Å². The first-order valence-corrected chi connectivity index (χ1v) is 10.3. The van der Waals surface area contributed by atoms with E-state index in [1.807, 2.05) is 6.92 Å². The van der Waals surface area contributed by atoms with Crippen LogP contribution in [0.5, 0.6) is 0 Å². The van der Waals surface area contributed by atoms with Crippen LogP contribution >= 0.6 is 23.1 Å². The molecule has 9 heteroatoms. The second-order valence-corrected chi connectivity index (χ2v) is 8.03. The maximum absolute atomic E-state index is 13.3. The molecule has 28 heavy (non-hydrogen) atoms.